The van der Waals surface area contributed by atoms with Crippen molar-refractivity contribution in [3.8, 4) is 28.5 Å². The Hall–Kier alpha value is -4.34. The van der Waals surface area contributed by atoms with Crippen LogP contribution in [0, 0.1) is 0 Å². The summed E-state index contributed by atoms with van der Waals surface area (Å²) < 4.78 is 22.2. The van der Waals surface area contributed by atoms with E-state index in [4.69, 9.17) is 24.7 Å². The summed E-state index contributed by atoms with van der Waals surface area (Å²) in [6.45, 7) is 7.68. The molecule has 0 aliphatic heterocycles. The zero-order valence-electron chi connectivity index (χ0n) is 22.5. The molecule has 0 saturated heterocycles. The maximum absolute atomic E-state index is 12.1. The lowest BCUT2D eigenvalue weighted by Gasteiger charge is -2.23. The number of nitrogens with two attached hydrogens (primary N) is 1. The number of alkyl carbamates (subject to hydrolysis) is 1. The number of aromatic nitrogens is 3. The number of hydrogen-bond donors (Lipinski definition) is 2. The van der Waals surface area contributed by atoms with E-state index in [1.807, 2.05) is 52.0 Å². The number of carbonyl (C=O) groups is 1. The molecule has 1 aromatic carbocycles. The number of amides is 1. The summed E-state index contributed by atoms with van der Waals surface area (Å²) in [5.74, 6) is 2.07. The Kier molecular flexibility index (Phi) is 7.70. The summed E-state index contributed by atoms with van der Waals surface area (Å²) in [5, 5.41) is 5.30. The van der Waals surface area contributed by atoms with E-state index in [1.54, 1.807) is 32.8 Å². The van der Waals surface area contributed by atoms with Gasteiger partial charge in [0.15, 0.2) is 11.5 Å². The molecule has 0 aliphatic carbocycles. The van der Waals surface area contributed by atoms with Gasteiger partial charge in [0.05, 0.1) is 37.7 Å². The largest absolute Gasteiger partial charge is 0.493 e. The predicted octanol–water partition coefficient (Wildman–Crippen LogP) is 5.13. The van der Waals surface area contributed by atoms with Gasteiger partial charge in [-0.15, -0.1) is 0 Å². The maximum atomic E-state index is 12.1. The van der Waals surface area contributed by atoms with Crippen molar-refractivity contribution in [3.05, 3.63) is 42.9 Å². The van der Waals surface area contributed by atoms with Crippen molar-refractivity contribution in [2.75, 3.05) is 26.6 Å². The van der Waals surface area contributed by atoms with E-state index >= 15 is 0 Å². The van der Waals surface area contributed by atoms with Gasteiger partial charge in [-0.3, -0.25) is 9.97 Å². The highest BCUT2D eigenvalue weighted by Gasteiger charge is 2.19. The van der Waals surface area contributed by atoms with Gasteiger partial charge in [0, 0.05) is 34.8 Å². The van der Waals surface area contributed by atoms with Crippen LogP contribution in [-0.4, -0.2) is 53.5 Å². The average molecular weight is 520 g/mol. The number of methoxy groups -OCH3 is 2. The molecule has 1 unspecified atom stereocenters. The highest BCUT2D eigenvalue weighted by atomic mass is 16.6. The number of nitrogen functional groups attached to an aromatic ring is 1. The minimum Gasteiger partial charge on any atom is -0.493 e. The second kappa shape index (κ2) is 11.0. The summed E-state index contributed by atoms with van der Waals surface area (Å²) in [5.41, 5.74) is 7.88. The van der Waals surface area contributed by atoms with Crippen molar-refractivity contribution in [2.24, 2.45) is 0 Å². The molecule has 0 bridgehead atoms. The Balaban J connectivity index is 1.62. The Morgan fingerprint density at radius 1 is 1.00 bits per heavy atom. The van der Waals surface area contributed by atoms with E-state index in [-0.39, 0.29) is 12.6 Å². The monoisotopic (exact) mass is 519 g/mol. The normalized spacial score (nSPS) is 12.3. The zero-order valence-corrected chi connectivity index (χ0v) is 22.5. The topological polar surface area (TPSA) is 131 Å². The first-order chi connectivity index (χ1) is 18.1. The molecule has 4 aromatic rings. The molecule has 0 fully saturated rings. The lowest BCUT2D eigenvalue weighted by molar-refractivity contribution is 0.0486. The van der Waals surface area contributed by atoms with E-state index in [2.05, 4.69) is 20.3 Å². The molecule has 0 spiro atoms. The molecule has 10 nitrogen and oxygen atoms in total. The van der Waals surface area contributed by atoms with Gasteiger partial charge in [-0.2, -0.15) is 0 Å². The van der Waals surface area contributed by atoms with Crippen molar-refractivity contribution in [1.29, 1.82) is 0 Å². The van der Waals surface area contributed by atoms with Crippen LogP contribution in [0.15, 0.2) is 42.9 Å². The van der Waals surface area contributed by atoms with Crippen LogP contribution in [0.3, 0.4) is 0 Å². The number of ether oxygens (including phenoxy) is 4. The molecule has 4 rings (SSSR count). The van der Waals surface area contributed by atoms with Crippen LogP contribution >= 0.6 is 0 Å². The molecule has 200 valence electrons. The van der Waals surface area contributed by atoms with E-state index < -0.39 is 11.7 Å². The first-order valence-electron chi connectivity index (χ1n) is 12.3. The number of carbonyl (C=O) groups excluding carboxylic acids is 1. The average Bonchev–Trinajstić information content (AvgIpc) is 2.89. The Morgan fingerprint density at radius 3 is 2.42 bits per heavy atom. The van der Waals surface area contributed by atoms with Crippen LogP contribution in [0.4, 0.5) is 10.6 Å². The van der Waals surface area contributed by atoms with Gasteiger partial charge < -0.3 is 30.0 Å². The van der Waals surface area contributed by atoms with Crippen LogP contribution < -0.4 is 25.3 Å². The van der Waals surface area contributed by atoms with Crippen LogP contribution in [-0.2, 0) is 4.74 Å². The van der Waals surface area contributed by atoms with Gasteiger partial charge in [-0.05, 0) is 50.8 Å². The Morgan fingerprint density at radius 2 is 1.74 bits per heavy atom. The quantitative estimate of drug-likeness (QED) is 0.304. The van der Waals surface area contributed by atoms with Crippen molar-refractivity contribution in [2.45, 2.75) is 45.8 Å². The van der Waals surface area contributed by atoms with Crippen LogP contribution in [0.5, 0.6) is 17.2 Å². The number of pyridine rings is 3. The highest BCUT2D eigenvalue weighted by Crippen LogP contribution is 2.37. The smallest absolute Gasteiger partial charge is 0.407 e. The van der Waals surface area contributed by atoms with Gasteiger partial charge in [-0.25, -0.2) is 9.78 Å². The number of nitrogens with zero attached hydrogens (tertiary/aromatic N) is 3. The van der Waals surface area contributed by atoms with Crippen LogP contribution in [0.25, 0.3) is 32.9 Å². The molecule has 10 heteroatoms. The van der Waals surface area contributed by atoms with E-state index in [9.17, 15) is 4.79 Å². The number of benzene rings is 1. The summed E-state index contributed by atoms with van der Waals surface area (Å²) in [4.78, 5) is 25.6. The van der Waals surface area contributed by atoms with Gasteiger partial charge >= 0.3 is 6.09 Å². The van der Waals surface area contributed by atoms with Crippen molar-refractivity contribution in [3.63, 3.8) is 0 Å². The highest BCUT2D eigenvalue weighted by molar-refractivity contribution is 6.10. The SMILES string of the molecule is CCC(COc1cncc(-c2cc3c(cnc4cc(OC)c(OC)cc43)c(N)n2)c1)NC(=O)OC(C)(C)C. The first kappa shape index (κ1) is 26.7. The van der Waals surface area contributed by atoms with Crippen molar-refractivity contribution >= 4 is 33.6 Å². The number of rotatable bonds is 8. The molecule has 0 saturated carbocycles. The lowest BCUT2D eigenvalue weighted by Crippen LogP contribution is -2.41. The number of fused-ring (bicyclic) bond motifs is 3. The minimum atomic E-state index is -0.575. The summed E-state index contributed by atoms with van der Waals surface area (Å²) in [6, 6.07) is 7.27. The standard InChI is InChI=1S/C28H33N5O5/c1-7-17(32-27(34)38-28(2,3)4)15-37-18-8-16(12-30-13-18)22-9-19-20-10-24(35-5)25(36-6)11-23(20)31-14-21(19)26(29)33-22/h8-14,17H,7,15H2,1-6H3,(H2,29,33)(H,32,34). The fraction of sp³-hybridized carbons (Fsp3) is 0.357. The second-order valence-corrected chi connectivity index (χ2v) is 9.81. The predicted molar refractivity (Wildman–Crippen MR) is 147 cm³/mol. The van der Waals surface area contributed by atoms with Gasteiger partial charge in [0.25, 0.3) is 0 Å². The zero-order chi connectivity index (χ0) is 27.4. The van der Waals surface area contributed by atoms with Gasteiger partial charge in [-0.1, -0.05) is 6.92 Å². The molecule has 0 aliphatic rings. The Bertz CT molecular complexity index is 1470. The van der Waals surface area contributed by atoms with Crippen molar-refractivity contribution in [1.82, 2.24) is 20.3 Å². The molecule has 38 heavy (non-hydrogen) atoms. The molecular formula is C28H33N5O5. The first-order valence-corrected chi connectivity index (χ1v) is 12.3. The molecule has 3 heterocycles. The van der Waals surface area contributed by atoms with Crippen molar-refractivity contribution < 1.29 is 23.7 Å². The minimum absolute atomic E-state index is 0.228. The fourth-order valence-electron chi connectivity index (χ4n) is 3.98. The third-order valence-electron chi connectivity index (χ3n) is 5.89. The van der Waals surface area contributed by atoms with E-state index in [0.717, 1.165) is 27.2 Å². The van der Waals surface area contributed by atoms with Crippen LogP contribution in [0.1, 0.15) is 34.1 Å². The molecule has 1 amide bonds. The molecular weight excluding hydrogens is 486 g/mol. The number of nitrogens with one attached hydrogen (secondary N) is 1. The molecule has 3 aromatic heterocycles. The summed E-state index contributed by atoms with van der Waals surface area (Å²) in [6.07, 6.45) is 5.21. The second-order valence-electron chi connectivity index (χ2n) is 9.81. The van der Waals surface area contributed by atoms with Gasteiger partial charge in [0.1, 0.15) is 23.8 Å². The summed E-state index contributed by atoms with van der Waals surface area (Å²) >= 11 is 0. The van der Waals surface area contributed by atoms with E-state index in [0.29, 0.717) is 35.2 Å². The Labute approximate surface area is 221 Å². The fourth-order valence-corrected chi connectivity index (χ4v) is 3.98. The number of hydrogen-bond acceptors (Lipinski definition) is 9. The number of anilines is 1. The third-order valence-corrected chi connectivity index (χ3v) is 5.89. The molecule has 1 atom stereocenters. The summed E-state index contributed by atoms with van der Waals surface area (Å²) in [7, 11) is 3.18. The van der Waals surface area contributed by atoms with E-state index in [1.165, 1.54) is 0 Å². The lowest BCUT2D eigenvalue weighted by atomic mass is 10.0. The van der Waals surface area contributed by atoms with Gasteiger partial charge in [0.2, 0.25) is 0 Å². The molecule has 0 radical (unpaired) electrons. The maximum Gasteiger partial charge on any atom is 0.407 e. The third kappa shape index (κ3) is 5.96. The van der Waals surface area contributed by atoms with Crippen LogP contribution in [0.2, 0.25) is 0 Å². The molecule has 3 N–H and O–H groups in total.